The monoisotopic (exact) mass is 505 g/mol. The van der Waals surface area contributed by atoms with Crippen molar-refractivity contribution in [2.45, 2.75) is 63.9 Å². The Labute approximate surface area is 147 Å². The minimum Gasteiger partial charge on any atom is -0.450 e. The summed E-state index contributed by atoms with van der Waals surface area (Å²) in [5.74, 6) is 2.44. The van der Waals surface area contributed by atoms with Gasteiger partial charge in [0, 0.05) is 21.1 Å². The van der Waals surface area contributed by atoms with Crippen molar-refractivity contribution in [3.05, 3.63) is 24.6 Å². The smallest absolute Gasteiger partial charge is 0.226 e. The average molecular weight is 506 g/mol. The van der Waals surface area contributed by atoms with Gasteiger partial charge in [-0.3, -0.25) is 0 Å². The van der Waals surface area contributed by atoms with Crippen molar-refractivity contribution in [1.82, 2.24) is 0 Å². The Morgan fingerprint density at radius 1 is 1.10 bits per heavy atom. The van der Waals surface area contributed by atoms with E-state index in [-0.39, 0.29) is 21.1 Å². The van der Waals surface area contributed by atoms with E-state index in [9.17, 15) is 5.11 Å². The van der Waals surface area contributed by atoms with Crippen molar-refractivity contribution < 1.29 is 30.3 Å². The molecule has 0 bridgehead atoms. The first-order valence-corrected chi connectivity index (χ1v) is 13.2. The molecule has 2 nitrogen and oxygen atoms in total. The Bertz CT molecular complexity index is 355. The van der Waals surface area contributed by atoms with Crippen LogP contribution in [-0.2, 0) is 25.2 Å². The second-order valence-corrected chi connectivity index (χ2v) is 14.8. The van der Waals surface area contributed by atoms with E-state index in [1.165, 1.54) is 6.42 Å². The molecule has 5 heteroatoms. The van der Waals surface area contributed by atoms with E-state index >= 15 is 0 Å². The Balaban J connectivity index is 0. The number of terminal acetylenes is 1. The molecule has 0 aromatic carbocycles. The minimum absolute atomic E-state index is 0. The molecule has 0 aromatic rings. The summed E-state index contributed by atoms with van der Waals surface area (Å²) in [6.07, 6.45) is 10.1. The van der Waals surface area contributed by atoms with Crippen LogP contribution in [0.4, 0.5) is 0 Å². The number of rotatable bonds is 4. The summed E-state index contributed by atoms with van der Waals surface area (Å²) < 4.78 is 5.97. The van der Waals surface area contributed by atoms with Gasteiger partial charge in [-0.25, -0.2) is 0 Å². The van der Waals surface area contributed by atoms with Gasteiger partial charge in [0.15, 0.2) is 8.32 Å². The molecule has 0 spiro atoms. The largest absolute Gasteiger partial charge is 0.450 e. The van der Waals surface area contributed by atoms with Crippen LogP contribution >= 0.6 is 0 Å². The quantitative estimate of drug-likeness (QED) is 0.459. The van der Waals surface area contributed by atoms with Crippen molar-refractivity contribution in [3.63, 3.8) is 0 Å². The molecule has 0 atom stereocenters. The molecule has 1 saturated carbocycles. The third-order valence-electron chi connectivity index (χ3n) is 3.29. The second-order valence-electron chi connectivity index (χ2n) is 6.54. The molecule has 1 aliphatic rings. The molecule has 124 valence electrons. The third kappa shape index (κ3) is 10.4. The van der Waals surface area contributed by atoms with Gasteiger partial charge in [0.25, 0.3) is 0 Å². The summed E-state index contributed by atoms with van der Waals surface area (Å²) in [6.45, 7) is 16.2. The maximum atomic E-state index is 9.44. The van der Waals surface area contributed by atoms with E-state index in [2.05, 4.69) is 45.3 Å². The van der Waals surface area contributed by atoms with Crippen LogP contribution in [0.25, 0.3) is 0 Å². The maximum absolute atomic E-state index is 9.44. The molecule has 0 unspecified atom stereocenters. The summed E-state index contributed by atoms with van der Waals surface area (Å²) in [7, 11) is -3.16. The topological polar surface area (TPSA) is 29.5 Å². The summed E-state index contributed by atoms with van der Waals surface area (Å²) in [6, 6.07) is 0. The van der Waals surface area contributed by atoms with Gasteiger partial charge in [-0.2, -0.15) is 0 Å². The van der Waals surface area contributed by atoms with Crippen molar-refractivity contribution in [3.8, 4) is 12.3 Å². The molecule has 0 aromatic heterocycles. The van der Waals surface area contributed by atoms with Crippen molar-refractivity contribution in [2.75, 3.05) is 0 Å². The predicted molar refractivity (Wildman–Crippen MR) is 93.3 cm³/mol. The normalized spacial score (nSPS) is 17.3. The first-order chi connectivity index (χ1) is 9.10. The maximum Gasteiger partial charge on any atom is 0.226 e. The van der Waals surface area contributed by atoms with Crippen LogP contribution in [0.3, 0.4) is 0 Å². The van der Waals surface area contributed by atoms with Crippen LogP contribution in [0.5, 0.6) is 0 Å². The number of hydrogen-bond donors (Lipinski definition) is 1. The summed E-state index contributed by atoms with van der Waals surface area (Å²) >= 11 is 0. The van der Waals surface area contributed by atoms with Crippen LogP contribution in [-0.4, -0.2) is 27.3 Å². The Morgan fingerprint density at radius 3 is 1.71 bits per heavy atom. The van der Waals surface area contributed by atoms with Gasteiger partial charge in [-0.05, 0) is 51.9 Å². The third-order valence-corrected chi connectivity index (χ3v) is 9.12. The second kappa shape index (κ2) is 9.97. The molecule has 0 heterocycles. The summed E-state index contributed by atoms with van der Waals surface area (Å²) in [5.41, 5.74) is 3.11. The van der Waals surface area contributed by atoms with Crippen LogP contribution in [0.2, 0.25) is 26.2 Å². The fraction of sp³-hybridized carbons (Fsp3) is 0.625. The molecule has 1 N–H and O–H groups in total. The molecule has 0 amide bonds. The van der Waals surface area contributed by atoms with Gasteiger partial charge >= 0.3 is 0 Å². The molecule has 21 heavy (non-hydrogen) atoms. The zero-order valence-corrected chi connectivity index (χ0v) is 18.1. The van der Waals surface area contributed by atoms with Crippen LogP contribution < -0.4 is 0 Å². The Hall–Kier alpha value is 0.0821. The fourth-order valence-corrected chi connectivity index (χ4v) is 8.22. The van der Waals surface area contributed by atoms with Gasteiger partial charge in [-0.15, -0.1) is 19.6 Å². The molecule has 1 aliphatic carbocycles. The van der Waals surface area contributed by atoms with E-state index in [0.717, 1.165) is 25.7 Å². The number of aliphatic hydroxyl groups is 1. The van der Waals surface area contributed by atoms with Gasteiger partial charge < -0.3 is 9.22 Å². The fourth-order valence-electron chi connectivity index (χ4n) is 2.11. The van der Waals surface area contributed by atoms with Gasteiger partial charge in [0.1, 0.15) is 5.60 Å². The van der Waals surface area contributed by atoms with Crippen molar-refractivity contribution >= 4 is 16.6 Å². The molecular formula is C16H30O2PtSi2. The van der Waals surface area contributed by atoms with E-state index in [1.807, 2.05) is 11.4 Å². The summed E-state index contributed by atoms with van der Waals surface area (Å²) in [5, 5.41) is 9.44. The van der Waals surface area contributed by atoms with E-state index in [4.69, 9.17) is 10.5 Å². The molecule has 1 fully saturated rings. The van der Waals surface area contributed by atoms with Gasteiger partial charge in [-0.1, -0.05) is 23.7 Å². The zero-order valence-electron chi connectivity index (χ0n) is 13.9. The van der Waals surface area contributed by atoms with Gasteiger partial charge in [0.05, 0.1) is 0 Å². The van der Waals surface area contributed by atoms with E-state index < -0.39 is 22.2 Å². The predicted octanol–water partition coefficient (Wildman–Crippen LogP) is 4.18. The average Bonchev–Trinajstić information content (AvgIpc) is 2.38. The summed E-state index contributed by atoms with van der Waals surface area (Å²) in [4.78, 5) is 0. The van der Waals surface area contributed by atoms with Crippen molar-refractivity contribution in [2.24, 2.45) is 0 Å². The molecular weight excluding hydrogens is 475 g/mol. The van der Waals surface area contributed by atoms with Gasteiger partial charge in [0.2, 0.25) is 8.32 Å². The first-order valence-electron chi connectivity index (χ1n) is 7.27. The number of hydrogen-bond acceptors (Lipinski definition) is 2. The van der Waals surface area contributed by atoms with E-state index in [1.54, 1.807) is 0 Å². The van der Waals surface area contributed by atoms with E-state index in [0.29, 0.717) is 0 Å². The van der Waals surface area contributed by atoms with Crippen LogP contribution in [0.15, 0.2) is 24.6 Å². The standard InChI is InChI=1S/C8H18OSi2.C8H12O.Pt/c1-7-11(6,8-2)9-10(3,4)5;1-2-8(9)6-4-3-5-7-8;/h7-8H,1-2H2,3-6H3;1,9H,3-7H2;. The Morgan fingerprint density at radius 2 is 1.52 bits per heavy atom. The zero-order chi connectivity index (χ0) is 15.9. The molecule has 0 radical (unpaired) electrons. The van der Waals surface area contributed by atoms with Crippen LogP contribution in [0.1, 0.15) is 32.1 Å². The molecule has 0 aliphatic heterocycles. The molecule has 0 saturated heterocycles. The SMILES string of the molecule is C#CC1(O)CCCCC1.C=C[Si](C)(C=C)O[Si](C)(C)C.[Pt]. The Kier molecular flexibility index (Phi) is 11.1. The molecule has 1 rings (SSSR count). The van der Waals surface area contributed by atoms with Crippen molar-refractivity contribution in [1.29, 1.82) is 0 Å². The van der Waals surface area contributed by atoms with Crippen LogP contribution in [0, 0.1) is 12.3 Å². The minimum atomic E-state index is -1.74. The first kappa shape index (κ1) is 23.3.